The highest BCUT2D eigenvalue weighted by molar-refractivity contribution is 5.20. The van der Waals surface area contributed by atoms with Crippen LogP contribution in [0.3, 0.4) is 0 Å². The van der Waals surface area contributed by atoms with Crippen LogP contribution in [0, 0.1) is 5.92 Å². The maximum Gasteiger partial charge on any atom is 0.373 e. The molecule has 0 spiro atoms. The number of aliphatic hydroxyl groups excluding tert-OH is 1. The summed E-state index contributed by atoms with van der Waals surface area (Å²) in [5.74, 6) is 0.792. The Bertz CT molecular complexity index is 334. The van der Waals surface area contributed by atoms with Crippen LogP contribution in [0.2, 0.25) is 0 Å². The van der Waals surface area contributed by atoms with Gasteiger partial charge in [-0.05, 0) is 43.6 Å². The molecule has 3 heteroatoms. The molecule has 17 heavy (non-hydrogen) atoms. The van der Waals surface area contributed by atoms with Crippen molar-refractivity contribution in [3.63, 3.8) is 0 Å². The summed E-state index contributed by atoms with van der Waals surface area (Å²) in [7, 11) is 0. The molecule has 2 rings (SSSR count). The first-order valence-electron chi connectivity index (χ1n) is 5.97. The van der Waals surface area contributed by atoms with Crippen molar-refractivity contribution in [3.8, 4) is 0 Å². The van der Waals surface area contributed by atoms with Gasteiger partial charge in [-0.2, -0.15) is 9.59 Å². The average Bonchev–Trinajstić information content (AvgIpc) is 2.35. The topological polar surface area (TPSA) is 54.4 Å². The molecule has 1 aromatic rings. The summed E-state index contributed by atoms with van der Waals surface area (Å²) in [5, 5.41) is 9.39. The summed E-state index contributed by atoms with van der Waals surface area (Å²) in [6.45, 7) is 0. The van der Waals surface area contributed by atoms with Crippen molar-refractivity contribution in [1.29, 1.82) is 0 Å². The van der Waals surface area contributed by atoms with E-state index in [0.717, 1.165) is 18.8 Å². The molecule has 1 fully saturated rings. The molecule has 0 heterocycles. The van der Waals surface area contributed by atoms with Crippen molar-refractivity contribution in [1.82, 2.24) is 0 Å². The van der Waals surface area contributed by atoms with Crippen LogP contribution in [0.25, 0.3) is 0 Å². The molecule has 1 aliphatic carbocycles. The minimum atomic E-state index is -0.0259. The largest absolute Gasteiger partial charge is 0.393 e. The van der Waals surface area contributed by atoms with Crippen LogP contribution < -0.4 is 0 Å². The van der Waals surface area contributed by atoms with E-state index in [2.05, 4.69) is 30.3 Å². The predicted molar refractivity (Wildman–Crippen MR) is 63.1 cm³/mol. The molecule has 1 saturated carbocycles. The Morgan fingerprint density at radius 3 is 2.12 bits per heavy atom. The van der Waals surface area contributed by atoms with E-state index >= 15 is 0 Å². The van der Waals surface area contributed by atoms with E-state index < -0.39 is 0 Å². The third kappa shape index (κ3) is 5.43. The second kappa shape index (κ2) is 7.77. The average molecular weight is 234 g/mol. The molecular formula is C14H18O3. The molecule has 92 valence electrons. The fourth-order valence-corrected chi connectivity index (χ4v) is 2.30. The molecule has 3 nitrogen and oxygen atoms in total. The first-order chi connectivity index (χ1) is 8.26. The van der Waals surface area contributed by atoms with Crippen molar-refractivity contribution in [2.45, 2.75) is 38.2 Å². The number of rotatable bonds is 2. The van der Waals surface area contributed by atoms with E-state index in [1.165, 1.54) is 24.8 Å². The van der Waals surface area contributed by atoms with Gasteiger partial charge in [0.25, 0.3) is 0 Å². The summed E-state index contributed by atoms with van der Waals surface area (Å²) in [4.78, 5) is 16.2. The molecule has 0 amide bonds. The summed E-state index contributed by atoms with van der Waals surface area (Å²) in [5.41, 5.74) is 1.44. The quantitative estimate of drug-likeness (QED) is 0.853. The van der Waals surface area contributed by atoms with Gasteiger partial charge in [-0.1, -0.05) is 30.3 Å². The molecular weight excluding hydrogens is 216 g/mol. The number of aliphatic hydroxyl groups is 1. The van der Waals surface area contributed by atoms with E-state index in [9.17, 15) is 5.11 Å². The SMILES string of the molecule is O=C=O.OC1CCC(Cc2ccccc2)CC1. The van der Waals surface area contributed by atoms with Gasteiger partial charge in [-0.15, -0.1) is 0 Å². The molecule has 0 atom stereocenters. The number of carbonyl (C=O) groups excluding carboxylic acids is 2. The zero-order chi connectivity index (χ0) is 12.5. The Hall–Kier alpha value is -1.44. The van der Waals surface area contributed by atoms with Crippen LogP contribution in [-0.4, -0.2) is 17.4 Å². The summed E-state index contributed by atoms with van der Waals surface area (Å²) >= 11 is 0. The highest BCUT2D eigenvalue weighted by Gasteiger charge is 2.19. The predicted octanol–water partition coefficient (Wildman–Crippen LogP) is 2.20. The van der Waals surface area contributed by atoms with Gasteiger partial charge in [0.2, 0.25) is 0 Å². The van der Waals surface area contributed by atoms with E-state index in [4.69, 9.17) is 9.59 Å². The minimum absolute atomic E-state index is 0.0259. The maximum absolute atomic E-state index is 9.39. The molecule has 1 aromatic carbocycles. The fourth-order valence-electron chi connectivity index (χ4n) is 2.30. The second-order valence-electron chi connectivity index (χ2n) is 4.45. The first-order valence-corrected chi connectivity index (χ1v) is 5.97. The highest BCUT2D eigenvalue weighted by atomic mass is 16.3. The molecule has 1 N–H and O–H groups in total. The van der Waals surface area contributed by atoms with Crippen LogP contribution in [0.4, 0.5) is 0 Å². The van der Waals surface area contributed by atoms with Gasteiger partial charge in [0, 0.05) is 0 Å². The Morgan fingerprint density at radius 1 is 1.06 bits per heavy atom. The van der Waals surface area contributed by atoms with Gasteiger partial charge in [-0.3, -0.25) is 0 Å². The minimum Gasteiger partial charge on any atom is -0.393 e. The van der Waals surface area contributed by atoms with Crippen molar-refractivity contribution in [2.75, 3.05) is 0 Å². The van der Waals surface area contributed by atoms with Gasteiger partial charge >= 0.3 is 6.15 Å². The van der Waals surface area contributed by atoms with E-state index in [-0.39, 0.29) is 12.3 Å². The Morgan fingerprint density at radius 2 is 1.59 bits per heavy atom. The molecule has 0 aromatic heterocycles. The highest BCUT2D eigenvalue weighted by Crippen LogP contribution is 2.26. The summed E-state index contributed by atoms with van der Waals surface area (Å²) in [6, 6.07) is 10.7. The van der Waals surface area contributed by atoms with Crippen molar-refractivity contribution in [2.24, 2.45) is 5.92 Å². The molecule has 0 saturated heterocycles. The first kappa shape index (κ1) is 13.6. The molecule has 0 unspecified atom stereocenters. The van der Waals surface area contributed by atoms with E-state index in [1.54, 1.807) is 0 Å². The maximum atomic E-state index is 9.39. The molecule has 0 radical (unpaired) electrons. The molecule has 1 aliphatic rings. The van der Waals surface area contributed by atoms with E-state index in [0.29, 0.717) is 0 Å². The van der Waals surface area contributed by atoms with Crippen molar-refractivity contribution in [3.05, 3.63) is 35.9 Å². The number of benzene rings is 1. The lowest BCUT2D eigenvalue weighted by Gasteiger charge is -2.25. The van der Waals surface area contributed by atoms with Gasteiger partial charge in [0.15, 0.2) is 0 Å². The van der Waals surface area contributed by atoms with Gasteiger partial charge in [0.1, 0.15) is 0 Å². The van der Waals surface area contributed by atoms with Gasteiger partial charge in [0.05, 0.1) is 6.10 Å². The smallest absolute Gasteiger partial charge is 0.373 e. The summed E-state index contributed by atoms with van der Waals surface area (Å²) < 4.78 is 0. The van der Waals surface area contributed by atoms with Crippen LogP contribution >= 0.6 is 0 Å². The Labute approximate surface area is 101 Å². The van der Waals surface area contributed by atoms with Crippen LogP contribution in [-0.2, 0) is 16.0 Å². The molecule has 0 aliphatic heterocycles. The number of hydrogen-bond acceptors (Lipinski definition) is 3. The lowest BCUT2D eigenvalue weighted by atomic mass is 9.83. The second-order valence-corrected chi connectivity index (χ2v) is 4.45. The third-order valence-electron chi connectivity index (χ3n) is 3.18. The number of hydrogen-bond donors (Lipinski definition) is 1. The fraction of sp³-hybridized carbons (Fsp3) is 0.500. The zero-order valence-electron chi connectivity index (χ0n) is 9.84. The standard InChI is InChI=1S/C13H18O.CO2/c14-13-8-6-12(7-9-13)10-11-4-2-1-3-5-11;2-1-3/h1-5,12-14H,6-10H2;. The van der Waals surface area contributed by atoms with Crippen LogP contribution in [0.1, 0.15) is 31.2 Å². The monoisotopic (exact) mass is 234 g/mol. The van der Waals surface area contributed by atoms with Gasteiger partial charge in [-0.25, -0.2) is 0 Å². The van der Waals surface area contributed by atoms with Crippen LogP contribution in [0.5, 0.6) is 0 Å². The Kier molecular flexibility index (Phi) is 6.23. The lowest BCUT2D eigenvalue weighted by molar-refractivity contribution is -0.191. The Balaban J connectivity index is 0.000000437. The van der Waals surface area contributed by atoms with Crippen LogP contribution in [0.15, 0.2) is 30.3 Å². The lowest BCUT2D eigenvalue weighted by Crippen LogP contribution is -2.19. The van der Waals surface area contributed by atoms with Gasteiger partial charge < -0.3 is 5.11 Å². The third-order valence-corrected chi connectivity index (χ3v) is 3.18. The zero-order valence-corrected chi connectivity index (χ0v) is 9.84. The summed E-state index contributed by atoms with van der Waals surface area (Å²) in [6.07, 6.45) is 5.79. The normalized spacial score (nSPS) is 23.1. The van der Waals surface area contributed by atoms with E-state index in [1.807, 2.05) is 0 Å². The molecule has 0 bridgehead atoms. The van der Waals surface area contributed by atoms with Crippen molar-refractivity contribution >= 4 is 6.15 Å². The van der Waals surface area contributed by atoms with Crippen molar-refractivity contribution < 1.29 is 14.7 Å².